The summed E-state index contributed by atoms with van der Waals surface area (Å²) in [6.45, 7) is 7.49. The molecule has 2 aromatic rings. The van der Waals surface area contributed by atoms with E-state index in [1.54, 1.807) is 12.3 Å². The fraction of sp³-hybridized carbons (Fsp3) is 0.412. The minimum atomic E-state index is -0.212. The van der Waals surface area contributed by atoms with Crippen molar-refractivity contribution in [3.8, 4) is 0 Å². The van der Waals surface area contributed by atoms with Crippen molar-refractivity contribution in [1.82, 2.24) is 25.2 Å². The second-order valence-electron chi connectivity index (χ2n) is 5.69. The van der Waals surface area contributed by atoms with Gasteiger partial charge in [0.2, 0.25) is 0 Å². The maximum Gasteiger partial charge on any atom is 0.270 e. The van der Waals surface area contributed by atoms with Gasteiger partial charge >= 0.3 is 0 Å². The van der Waals surface area contributed by atoms with Crippen LogP contribution in [0.2, 0.25) is 0 Å². The Morgan fingerprint density at radius 2 is 2.00 bits per heavy atom. The molecule has 24 heavy (non-hydrogen) atoms. The molecule has 126 valence electrons. The molecule has 7 nitrogen and oxygen atoms in total. The molecule has 0 spiro atoms. The molecule has 0 unspecified atom stereocenters. The summed E-state index contributed by atoms with van der Waals surface area (Å²) in [6.07, 6.45) is 3.16. The summed E-state index contributed by atoms with van der Waals surface area (Å²) in [7, 11) is 0. The molecule has 0 saturated carbocycles. The minimum Gasteiger partial charge on any atom is -0.354 e. The Morgan fingerprint density at radius 3 is 2.71 bits per heavy atom. The smallest absolute Gasteiger partial charge is 0.270 e. The molecular weight excluding hydrogens is 304 g/mol. The second kappa shape index (κ2) is 7.83. The molecule has 1 fully saturated rings. The summed E-state index contributed by atoms with van der Waals surface area (Å²) in [5.74, 6) is 0.597. The van der Waals surface area contributed by atoms with Crippen LogP contribution >= 0.6 is 0 Å². The SMILES string of the molecule is CCN1CCN(c2cc(C(=O)NCc3ccccn3)ncn2)CC1. The lowest BCUT2D eigenvalue weighted by atomic mass is 10.3. The zero-order chi connectivity index (χ0) is 16.8. The van der Waals surface area contributed by atoms with Gasteiger partial charge in [-0.2, -0.15) is 0 Å². The predicted molar refractivity (Wildman–Crippen MR) is 91.8 cm³/mol. The number of aromatic nitrogens is 3. The Balaban J connectivity index is 1.61. The van der Waals surface area contributed by atoms with Crippen LogP contribution in [-0.4, -0.2) is 58.5 Å². The number of carbonyl (C=O) groups excluding carboxylic acids is 1. The molecule has 1 aliphatic heterocycles. The molecule has 0 atom stereocenters. The van der Waals surface area contributed by atoms with Gasteiger partial charge in [0, 0.05) is 38.4 Å². The molecule has 0 aromatic carbocycles. The first-order valence-electron chi connectivity index (χ1n) is 8.23. The molecule has 1 saturated heterocycles. The average Bonchev–Trinajstić information content (AvgIpc) is 2.67. The van der Waals surface area contributed by atoms with E-state index >= 15 is 0 Å². The van der Waals surface area contributed by atoms with E-state index in [1.807, 2.05) is 18.2 Å². The fourth-order valence-corrected chi connectivity index (χ4v) is 2.70. The Labute approximate surface area is 141 Å². The summed E-state index contributed by atoms with van der Waals surface area (Å²) in [4.78, 5) is 29.5. The summed E-state index contributed by atoms with van der Waals surface area (Å²) in [5.41, 5.74) is 1.20. The minimum absolute atomic E-state index is 0.212. The van der Waals surface area contributed by atoms with Crippen LogP contribution in [0.4, 0.5) is 5.82 Å². The van der Waals surface area contributed by atoms with Gasteiger partial charge in [0.15, 0.2) is 0 Å². The highest BCUT2D eigenvalue weighted by molar-refractivity contribution is 5.92. The third-order valence-electron chi connectivity index (χ3n) is 4.18. The van der Waals surface area contributed by atoms with E-state index in [4.69, 9.17) is 0 Å². The summed E-state index contributed by atoms with van der Waals surface area (Å²) in [5, 5.41) is 2.84. The number of hydrogen-bond acceptors (Lipinski definition) is 6. The maximum atomic E-state index is 12.3. The van der Waals surface area contributed by atoms with Crippen LogP contribution in [0.15, 0.2) is 36.8 Å². The van der Waals surface area contributed by atoms with Gasteiger partial charge in [0.25, 0.3) is 5.91 Å². The molecule has 1 aliphatic rings. The molecule has 0 bridgehead atoms. The maximum absolute atomic E-state index is 12.3. The van der Waals surface area contributed by atoms with Gasteiger partial charge in [0.05, 0.1) is 12.2 Å². The standard InChI is InChI=1S/C17H22N6O/c1-2-22-7-9-23(10-8-22)16-11-15(20-13-21-16)17(24)19-12-14-5-3-4-6-18-14/h3-6,11,13H,2,7-10,12H2,1H3,(H,19,24). The van der Waals surface area contributed by atoms with Crippen molar-refractivity contribution in [3.63, 3.8) is 0 Å². The van der Waals surface area contributed by atoms with E-state index in [0.717, 1.165) is 44.2 Å². The molecule has 1 amide bonds. The molecular formula is C17H22N6O. The first kappa shape index (κ1) is 16.3. The highest BCUT2D eigenvalue weighted by Gasteiger charge is 2.18. The van der Waals surface area contributed by atoms with Gasteiger partial charge in [-0.3, -0.25) is 9.78 Å². The topological polar surface area (TPSA) is 74.2 Å². The molecule has 1 N–H and O–H groups in total. The number of hydrogen-bond donors (Lipinski definition) is 1. The van der Waals surface area contributed by atoms with Crippen LogP contribution in [0.25, 0.3) is 0 Å². The Hall–Kier alpha value is -2.54. The van der Waals surface area contributed by atoms with Gasteiger partial charge in [-0.15, -0.1) is 0 Å². The largest absolute Gasteiger partial charge is 0.354 e. The number of amides is 1. The van der Waals surface area contributed by atoms with Gasteiger partial charge in [-0.25, -0.2) is 9.97 Å². The molecule has 2 aromatic heterocycles. The second-order valence-corrected chi connectivity index (χ2v) is 5.69. The van der Waals surface area contributed by atoms with E-state index in [1.165, 1.54) is 6.33 Å². The van der Waals surface area contributed by atoms with Crippen LogP contribution in [0.5, 0.6) is 0 Å². The Kier molecular flexibility index (Phi) is 5.32. The first-order valence-corrected chi connectivity index (χ1v) is 8.23. The van der Waals surface area contributed by atoms with E-state index in [0.29, 0.717) is 12.2 Å². The van der Waals surface area contributed by atoms with E-state index in [2.05, 4.69) is 37.0 Å². The molecule has 0 radical (unpaired) electrons. The van der Waals surface area contributed by atoms with E-state index in [-0.39, 0.29) is 5.91 Å². The summed E-state index contributed by atoms with van der Waals surface area (Å²) in [6, 6.07) is 7.38. The van der Waals surface area contributed by atoms with Crippen LogP contribution in [0, 0.1) is 0 Å². The predicted octanol–water partition coefficient (Wildman–Crippen LogP) is 0.943. The lowest BCUT2D eigenvalue weighted by molar-refractivity contribution is 0.0945. The number of rotatable bonds is 5. The van der Waals surface area contributed by atoms with Crippen molar-refractivity contribution in [2.75, 3.05) is 37.6 Å². The number of carbonyl (C=O) groups is 1. The number of nitrogens with one attached hydrogen (secondary N) is 1. The quantitative estimate of drug-likeness (QED) is 0.881. The monoisotopic (exact) mass is 326 g/mol. The van der Waals surface area contributed by atoms with Crippen LogP contribution < -0.4 is 10.2 Å². The highest BCUT2D eigenvalue weighted by atomic mass is 16.1. The number of likely N-dealkylation sites (N-methyl/N-ethyl adjacent to an activating group) is 1. The molecule has 7 heteroatoms. The average molecular weight is 326 g/mol. The summed E-state index contributed by atoms with van der Waals surface area (Å²) < 4.78 is 0. The van der Waals surface area contributed by atoms with Crippen molar-refractivity contribution < 1.29 is 4.79 Å². The van der Waals surface area contributed by atoms with Crippen LogP contribution in [0.1, 0.15) is 23.1 Å². The number of piperazine rings is 1. The third kappa shape index (κ3) is 4.05. The van der Waals surface area contributed by atoms with E-state index < -0.39 is 0 Å². The fourth-order valence-electron chi connectivity index (χ4n) is 2.70. The normalized spacial score (nSPS) is 15.3. The summed E-state index contributed by atoms with van der Waals surface area (Å²) >= 11 is 0. The zero-order valence-corrected chi connectivity index (χ0v) is 13.9. The van der Waals surface area contributed by atoms with E-state index in [9.17, 15) is 4.79 Å². The van der Waals surface area contributed by atoms with Gasteiger partial charge in [0.1, 0.15) is 17.8 Å². The lowest BCUT2D eigenvalue weighted by Gasteiger charge is -2.34. The highest BCUT2D eigenvalue weighted by Crippen LogP contribution is 2.14. The lowest BCUT2D eigenvalue weighted by Crippen LogP contribution is -2.46. The van der Waals surface area contributed by atoms with Crippen molar-refractivity contribution in [2.24, 2.45) is 0 Å². The van der Waals surface area contributed by atoms with Gasteiger partial charge in [-0.1, -0.05) is 13.0 Å². The molecule has 0 aliphatic carbocycles. The van der Waals surface area contributed by atoms with Crippen molar-refractivity contribution in [1.29, 1.82) is 0 Å². The zero-order valence-electron chi connectivity index (χ0n) is 13.9. The number of nitrogens with zero attached hydrogens (tertiary/aromatic N) is 5. The molecule has 3 rings (SSSR count). The van der Waals surface area contributed by atoms with Crippen LogP contribution in [-0.2, 0) is 6.54 Å². The van der Waals surface area contributed by atoms with Gasteiger partial charge < -0.3 is 15.1 Å². The number of pyridine rings is 1. The number of anilines is 1. The van der Waals surface area contributed by atoms with Crippen molar-refractivity contribution >= 4 is 11.7 Å². The van der Waals surface area contributed by atoms with Crippen LogP contribution in [0.3, 0.4) is 0 Å². The Bertz CT molecular complexity index is 670. The van der Waals surface area contributed by atoms with Crippen molar-refractivity contribution in [3.05, 3.63) is 48.2 Å². The third-order valence-corrected chi connectivity index (χ3v) is 4.18. The van der Waals surface area contributed by atoms with Gasteiger partial charge in [-0.05, 0) is 18.7 Å². The van der Waals surface area contributed by atoms with Crippen molar-refractivity contribution in [2.45, 2.75) is 13.5 Å². The molecule has 3 heterocycles. The first-order chi connectivity index (χ1) is 11.8. The Morgan fingerprint density at radius 1 is 1.17 bits per heavy atom.